The molecule has 126 valence electrons. The number of anilines is 1. The number of methoxy groups -OCH3 is 1. The predicted molar refractivity (Wildman–Crippen MR) is 72.7 cm³/mol. The number of Topliss-reactive ketones (excluding diaryl/α,β-unsaturated/α-hetero) is 1. The Balaban J connectivity index is 2.10. The lowest BCUT2D eigenvalue weighted by Gasteiger charge is -2.30. The van der Waals surface area contributed by atoms with Gasteiger partial charge >= 0.3 is 15.6 Å². The van der Waals surface area contributed by atoms with Crippen molar-refractivity contribution in [3.05, 3.63) is 23.8 Å². The number of rotatable bonds is 3. The highest BCUT2D eigenvalue weighted by atomic mass is 32.2. The first-order valence-electron chi connectivity index (χ1n) is 6.65. The van der Waals surface area contributed by atoms with E-state index < -0.39 is 32.9 Å². The van der Waals surface area contributed by atoms with Gasteiger partial charge in [0.1, 0.15) is 0 Å². The maximum Gasteiger partial charge on any atom is 0.534 e. The van der Waals surface area contributed by atoms with Crippen LogP contribution in [0.3, 0.4) is 0 Å². The van der Waals surface area contributed by atoms with Gasteiger partial charge in [-0.15, -0.1) is 0 Å². The van der Waals surface area contributed by atoms with Crippen molar-refractivity contribution >= 4 is 21.6 Å². The second-order valence-electron chi connectivity index (χ2n) is 5.21. The Morgan fingerprint density at radius 3 is 2.61 bits per heavy atom. The van der Waals surface area contributed by atoms with E-state index in [0.29, 0.717) is 25.1 Å². The molecule has 0 saturated carbocycles. The van der Waals surface area contributed by atoms with Crippen LogP contribution in [0.5, 0.6) is 5.75 Å². The van der Waals surface area contributed by atoms with Gasteiger partial charge in [-0.2, -0.15) is 21.6 Å². The van der Waals surface area contributed by atoms with Crippen LogP contribution in [0.15, 0.2) is 18.2 Å². The predicted octanol–water partition coefficient (Wildman–Crippen LogP) is 2.05. The standard InChI is InChI=1S/C13H12F3NO5S/c1-21-12-6-3-7-17(12)8-4-2-5-9(10(8)11(12)18)22-23(19,20)13(14,15)16/h2,4-5H,3,6-7H2,1H3. The van der Waals surface area contributed by atoms with Crippen LogP contribution < -0.4 is 9.08 Å². The lowest BCUT2D eigenvalue weighted by atomic mass is 10.0. The molecule has 3 rings (SSSR count). The summed E-state index contributed by atoms with van der Waals surface area (Å²) in [6.45, 7) is 0.474. The van der Waals surface area contributed by atoms with E-state index in [4.69, 9.17) is 4.74 Å². The molecule has 1 atom stereocenters. The summed E-state index contributed by atoms with van der Waals surface area (Å²) in [5, 5.41) is 0. The van der Waals surface area contributed by atoms with Crippen molar-refractivity contribution in [2.24, 2.45) is 0 Å². The second kappa shape index (κ2) is 4.84. The van der Waals surface area contributed by atoms with Crippen molar-refractivity contribution in [3.63, 3.8) is 0 Å². The Morgan fingerprint density at radius 2 is 2.00 bits per heavy atom. The van der Waals surface area contributed by atoms with Crippen LogP contribution in [-0.2, 0) is 14.9 Å². The topological polar surface area (TPSA) is 72.9 Å². The molecule has 2 heterocycles. The summed E-state index contributed by atoms with van der Waals surface area (Å²) in [5.74, 6) is -1.24. The zero-order chi connectivity index (χ0) is 17.0. The minimum atomic E-state index is -5.86. The Bertz CT molecular complexity index is 776. The van der Waals surface area contributed by atoms with Gasteiger partial charge in [0.25, 0.3) is 0 Å². The number of benzene rings is 1. The van der Waals surface area contributed by atoms with E-state index in [9.17, 15) is 26.4 Å². The number of carbonyl (C=O) groups is 1. The Kier molecular flexibility index (Phi) is 3.38. The Hall–Kier alpha value is -1.81. The van der Waals surface area contributed by atoms with E-state index in [-0.39, 0.29) is 5.56 Å². The molecule has 0 spiro atoms. The fourth-order valence-electron chi connectivity index (χ4n) is 3.05. The van der Waals surface area contributed by atoms with Gasteiger partial charge in [0.05, 0.1) is 11.3 Å². The zero-order valence-electron chi connectivity index (χ0n) is 11.9. The summed E-state index contributed by atoms with van der Waals surface area (Å²) in [6, 6.07) is 3.87. The molecule has 23 heavy (non-hydrogen) atoms. The summed E-state index contributed by atoms with van der Waals surface area (Å²) in [5.41, 5.74) is -6.78. The molecule has 0 aromatic heterocycles. The molecular weight excluding hydrogens is 339 g/mol. The van der Waals surface area contributed by atoms with E-state index >= 15 is 0 Å². The Morgan fingerprint density at radius 1 is 1.30 bits per heavy atom. The van der Waals surface area contributed by atoms with Gasteiger partial charge in [0.2, 0.25) is 11.5 Å². The average Bonchev–Trinajstić information content (AvgIpc) is 2.97. The van der Waals surface area contributed by atoms with Crippen LogP contribution >= 0.6 is 0 Å². The highest BCUT2D eigenvalue weighted by molar-refractivity contribution is 7.88. The number of halogens is 3. The zero-order valence-corrected chi connectivity index (χ0v) is 12.7. The van der Waals surface area contributed by atoms with Crippen LogP contribution in [0.25, 0.3) is 0 Å². The number of hydrogen-bond acceptors (Lipinski definition) is 6. The third kappa shape index (κ3) is 2.12. The normalized spacial score (nSPS) is 23.8. The number of hydrogen-bond donors (Lipinski definition) is 0. The number of ketones is 1. The second-order valence-corrected chi connectivity index (χ2v) is 6.74. The van der Waals surface area contributed by atoms with Crippen molar-refractivity contribution in [2.75, 3.05) is 18.6 Å². The monoisotopic (exact) mass is 351 g/mol. The first-order valence-corrected chi connectivity index (χ1v) is 8.06. The van der Waals surface area contributed by atoms with Crippen molar-refractivity contribution in [1.82, 2.24) is 0 Å². The molecule has 0 amide bonds. The van der Waals surface area contributed by atoms with E-state index in [1.807, 2.05) is 0 Å². The third-order valence-electron chi connectivity index (χ3n) is 4.03. The lowest BCUT2D eigenvalue weighted by molar-refractivity contribution is -0.0500. The number of carbonyl (C=O) groups excluding carboxylic acids is 1. The maximum atomic E-state index is 12.7. The molecule has 1 unspecified atom stereocenters. The molecule has 0 radical (unpaired) electrons. The van der Waals surface area contributed by atoms with Crippen molar-refractivity contribution in [2.45, 2.75) is 24.1 Å². The SMILES string of the molecule is COC12CCCN1c1cccc(OS(=O)(=O)C(F)(F)F)c1C2=O. The largest absolute Gasteiger partial charge is 0.534 e. The van der Waals surface area contributed by atoms with Crippen LogP contribution in [-0.4, -0.2) is 39.1 Å². The van der Waals surface area contributed by atoms with Crippen LogP contribution in [0.1, 0.15) is 23.2 Å². The van der Waals surface area contributed by atoms with Crippen molar-refractivity contribution in [3.8, 4) is 5.75 Å². The summed E-state index contributed by atoms with van der Waals surface area (Å²) in [7, 11) is -4.53. The molecule has 0 aliphatic carbocycles. The first kappa shape index (κ1) is 16.1. The van der Waals surface area contributed by atoms with Crippen molar-refractivity contribution in [1.29, 1.82) is 0 Å². The molecule has 10 heteroatoms. The minimum absolute atomic E-state index is 0.207. The lowest BCUT2D eigenvalue weighted by Crippen LogP contribution is -2.47. The third-order valence-corrected chi connectivity index (χ3v) is 5.00. The molecule has 1 saturated heterocycles. The van der Waals surface area contributed by atoms with Crippen molar-refractivity contribution < 1.29 is 35.3 Å². The quantitative estimate of drug-likeness (QED) is 0.613. The van der Waals surface area contributed by atoms with Gasteiger partial charge < -0.3 is 13.8 Å². The number of ether oxygens (including phenoxy) is 1. The van der Waals surface area contributed by atoms with Crippen LogP contribution in [0, 0.1) is 0 Å². The molecule has 6 nitrogen and oxygen atoms in total. The highest BCUT2D eigenvalue weighted by Gasteiger charge is 2.56. The Labute approximate surface area is 129 Å². The highest BCUT2D eigenvalue weighted by Crippen LogP contribution is 2.49. The first-order chi connectivity index (χ1) is 10.6. The van der Waals surface area contributed by atoms with Gasteiger partial charge in [0.15, 0.2) is 5.75 Å². The fourth-order valence-corrected chi connectivity index (χ4v) is 3.52. The van der Waals surface area contributed by atoms with Crippen LogP contribution in [0.2, 0.25) is 0 Å². The summed E-state index contributed by atoms with van der Waals surface area (Å²) in [6.07, 6.45) is 1.04. The number of alkyl halides is 3. The van der Waals surface area contributed by atoms with E-state index in [0.717, 1.165) is 6.07 Å². The number of nitrogens with zero attached hydrogens (tertiary/aromatic N) is 1. The minimum Gasteiger partial charge on any atom is -0.375 e. The number of fused-ring (bicyclic) bond motifs is 3. The molecule has 2 aliphatic rings. The molecule has 2 aliphatic heterocycles. The average molecular weight is 351 g/mol. The maximum absolute atomic E-state index is 12.7. The summed E-state index contributed by atoms with van der Waals surface area (Å²) >= 11 is 0. The van der Waals surface area contributed by atoms with Gasteiger partial charge in [-0.25, -0.2) is 0 Å². The van der Waals surface area contributed by atoms with Gasteiger partial charge in [-0.05, 0) is 18.6 Å². The summed E-state index contributed by atoms with van der Waals surface area (Å²) in [4.78, 5) is 14.3. The molecular formula is C13H12F3NO5S. The van der Waals surface area contributed by atoms with E-state index in [1.165, 1.54) is 19.2 Å². The fraction of sp³-hybridized carbons (Fsp3) is 0.462. The van der Waals surface area contributed by atoms with E-state index in [2.05, 4.69) is 4.18 Å². The molecule has 1 aromatic carbocycles. The van der Waals surface area contributed by atoms with Gasteiger partial charge in [0, 0.05) is 20.1 Å². The molecule has 1 fully saturated rings. The molecule has 1 aromatic rings. The molecule has 0 bridgehead atoms. The van der Waals surface area contributed by atoms with Gasteiger partial charge in [-0.3, -0.25) is 4.79 Å². The van der Waals surface area contributed by atoms with Gasteiger partial charge in [-0.1, -0.05) is 6.07 Å². The van der Waals surface area contributed by atoms with Crippen LogP contribution in [0.4, 0.5) is 18.9 Å². The smallest absolute Gasteiger partial charge is 0.375 e. The summed E-state index contributed by atoms with van der Waals surface area (Å²) < 4.78 is 69.5. The van der Waals surface area contributed by atoms with E-state index in [1.54, 1.807) is 4.90 Å². The molecule has 0 N–H and O–H groups in total.